The van der Waals surface area contributed by atoms with E-state index in [-0.39, 0.29) is 5.91 Å². The summed E-state index contributed by atoms with van der Waals surface area (Å²) >= 11 is 10.9. The van der Waals surface area contributed by atoms with Crippen molar-refractivity contribution < 1.29 is 4.79 Å². The SMILES string of the molecule is C=CCN(Cc1ccc(Cl)s1)C(=O)Cc1cccc(Br)c1. The van der Waals surface area contributed by atoms with Crippen molar-refractivity contribution >= 4 is 44.8 Å². The van der Waals surface area contributed by atoms with E-state index in [1.807, 2.05) is 36.4 Å². The van der Waals surface area contributed by atoms with Gasteiger partial charge in [-0.3, -0.25) is 4.79 Å². The van der Waals surface area contributed by atoms with E-state index < -0.39 is 0 Å². The quantitative estimate of drug-likeness (QED) is 0.647. The molecule has 5 heteroatoms. The Kier molecular flexibility index (Phi) is 6.03. The molecule has 0 aliphatic carbocycles. The maximum atomic E-state index is 12.5. The van der Waals surface area contributed by atoms with E-state index in [1.54, 1.807) is 11.0 Å². The van der Waals surface area contributed by atoms with Crippen LogP contribution in [0.2, 0.25) is 4.34 Å². The summed E-state index contributed by atoms with van der Waals surface area (Å²) in [6.07, 6.45) is 2.13. The van der Waals surface area contributed by atoms with E-state index in [9.17, 15) is 4.79 Å². The highest BCUT2D eigenvalue weighted by molar-refractivity contribution is 9.10. The summed E-state index contributed by atoms with van der Waals surface area (Å²) in [7, 11) is 0. The van der Waals surface area contributed by atoms with Gasteiger partial charge in [-0.15, -0.1) is 17.9 Å². The van der Waals surface area contributed by atoms with Crippen molar-refractivity contribution in [2.75, 3.05) is 6.54 Å². The van der Waals surface area contributed by atoms with Crippen LogP contribution in [-0.2, 0) is 17.8 Å². The molecule has 0 saturated heterocycles. The zero-order valence-electron chi connectivity index (χ0n) is 11.4. The fourth-order valence-electron chi connectivity index (χ4n) is 1.97. The van der Waals surface area contributed by atoms with Crippen molar-refractivity contribution in [3.05, 3.63) is 68.3 Å². The zero-order chi connectivity index (χ0) is 15.2. The Labute approximate surface area is 142 Å². The summed E-state index contributed by atoms with van der Waals surface area (Å²) < 4.78 is 1.72. The first-order chi connectivity index (χ1) is 10.1. The van der Waals surface area contributed by atoms with E-state index in [0.717, 1.165) is 19.2 Å². The van der Waals surface area contributed by atoms with Crippen LogP contribution in [0.1, 0.15) is 10.4 Å². The predicted molar refractivity (Wildman–Crippen MR) is 92.8 cm³/mol. The number of halogens is 2. The molecule has 1 aromatic heterocycles. The molecule has 1 aromatic carbocycles. The van der Waals surface area contributed by atoms with Crippen molar-refractivity contribution in [2.24, 2.45) is 0 Å². The number of benzene rings is 1. The third-order valence-electron chi connectivity index (χ3n) is 2.92. The van der Waals surface area contributed by atoms with Crippen LogP contribution in [0.25, 0.3) is 0 Å². The van der Waals surface area contributed by atoms with E-state index >= 15 is 0 Å². The molecule has 0 N–H and O–H groups in total. The minimum atomic E-state index is 0.0810. The lowest BCUT2D eigenvalue weighted by Gasteiger charge is -2.20. The fraction of sp³-hybridized carbons (Fsp3) is 0.188. The maximum Gasteiger partial charge on any atom is 0.227 e. The van der Waals surface area contributed by atoms with E-state index in [1.165, 1.54) is 11.3 Å². The number of hydrogen-bond acceptors (Lipinski definition) is 2. The van der Waals surface area contributed by atoms with Crippen LogP contribution in [0.4, 0.5) is 0 Å². The highest BCUT2D eigenvalue weighted by Gasteiger charge is 2.14. The van der Waals surface area contributed by atoms with Gasteiger partial charge in [0.2, 0.25) is 5.91 Å². The first-order valence-electron chi connectivity index (χ1n) is 6.46. The summed E-state index contributed by atoms with van der Waals surface area (Å²) in [5.41, 5.74) is 0.993. The van der Waals surface area contributed by atoms with Gasteiger partial charge in [0, 0.05) is 15.9 Å². The van der Waals surface area contributed by atoms with Gasteiger partial charge in [-0.25, -0.2) is 0 Å². The zero-order valence-corrected chi connectivity index (χ0v) is 14.5. The van der Waals surface area contributed by atoms with Crippen LogP contribution < -0.4 is 0 Å². The standard InChI is InChI=1S/C16H15BrClNOS/c1-2-8-19(11-14-6-7-15(18)21-14)16(20)10-12-4-3-5-13(17)9-12/h2-7,9H,1,8,10-11H2. The van der Waals surface area contributed by atoms with E-state index in [2.05, 4.69) is 22.5 Å². The summed E-state index contributed by atoms with van der Waals surface area (Å²) in [6, 6.07) is 11.6. The third kappa shape index (κ3) is 4.99. The number of thiophene rings is 1. The molecule has 0 atom stereocenters. The molecule has 0 bridgehead atoms. The predicted octanol–water partition coefficient (Wildman–Crippen LogP) is 4.92. The number of amides is 1. The van der Waals surface area contributed by atoms with Crippen molar-refractivity contribution in [2.45, 2.75) is 13.0 Å². The molecule has 0 fully saturated rings. The summed E-state index contributed by atoms with van der Waals surface area (Å²) in [4.78, 5) is 15.3. The van der Waals surface area contributed by atoms with Crippen LogP contribution in [0.3, 0.4) is 0 Å². The Morgan fingerprint density at radius 2 is 2.19 bits per heavy atom. The average Bonchev–Trinajstić information content (AvgIpc) is 2.84. The minimum absolute atomic E-state index is 0.0810. The van der Waals surface area contributed by atoms with Gasteiger partial charge >= 0.3 is 0 Å². The lowest BCUT2D eigenvalue weighted by atomic mass is 10.1. The molecule has 0 aliphatic heterocycles. The Morgan fingerprint density at radius 1 is 1.38 bits per heavy atom. The number of nitrogens with zero attached hydrogens (tertiary/aromatic N) is 1. The summed E-state index contributed by atoms with van der Waals surface area (Å²) in [6.45, 7) is 4.82. The smallest absolute Gasteiger partial charge is 0.227 e. The van der Waals surface area contributed by atoms with Gasteiger partial charge in [0.1, 0.15) is 0 Å². The lowest BCUT2D eigenvalue weighted by Crippen LogP contribution is -2.31. The first-order valence-corrected chi connectivity index (χ1v) is 8.44. The fourth-order valence-corrected chi connectivity index (χ4v) is 3.52. The largest absolute Gasteiger partial charge is 0.334 e. The highest BCUT2D eigenvalue weighted by Crippen LogP contribution is 2.23. The molecule has 0 unspecified atom stereocenters. The van der Waals surface area contributed by atoms with Crippen molar-refractivity contribution in [3.8, 4) is 0 Å². The normalized spacial score (nSPS) is 10.4. The molecule has 0 saturated carbocycles. The second kappa shape index (κ2) is 7.78. The maximum absolute atomic E-state index is 12.5. The molecule has 1 heterocycles. The minimum Gasteiger partial charge on any atom is -0.334 e. The van der Waals surface area contributed by atoms with Gasteiger partial charge in [-0.1, -0.05) is 45.7 Å². The molecule has 0 aliphatic rings. The number of carbonyl (C=O) groups excluding carboxylic acids is 1. The van der Waals surface area contributed by atoms with Gasteiger partial charge in [0.15, 0.2) is 0 Å². The molecular formula is C16H15BrClNOS. The van der Waals surface area contributed by atoms with Gasteiger partial charge < -0.3 is 4.90 Å². The monoisotopic (exact) mass is 383 g/mol. The van der Waals surface area contributed by atoms with Crippen LogP contribution in [-0.4, -0.2) is 17.4 Å². The third-order valence-corrected chi connectivity index (χ3v) is 4.63. The molecule has 2 rings (SSSR count). The molecule has 2 aromatic rings. The Morgan fingerprint density at radius 3 is 2.81 bits per heavy atom. The summed E-state index contributed by atoms with van der Waals surface area (Å²) in [5, 5.41) is 0. The van der Waals surface area contributed by atoms with Crippen molar-refractivity contribution in [1.29, 1.82) is 0 Å². The van der Waals surface area contributed by atoms with Gasteiger partial charge in [0.25, 0.3) is 0 Å². The Hall–Kier alpha value is -1.10. The van der Waals surface area contributed by atoms with E-state index in [0.29, 0.717) is 19.5 Å². The van der Waals surface area contributed by atoms with Crippen molar-refractivity contribution in [1.82, 2.24) is 4.90 Å². The molecule has 1 amide bonds. The first kappa shape index (κ1) is 16.3. The second-order valence-corrected chi connectivity index (χ2v) is 7.29. The molecule has 0 spiro atoms. The van der Waals surface area contributed by atoms with Crippen LogP contribution in [0.5, 0.6) is 0 Å². The number of hydrogen-bond donors (Lipinski definition) is 0. The molecule has 21 heavy (non-hydrogen) atoms. The van der Waals surface area contributed by atoms with Gasteiger partial charge in [0.05, 0.1) is 17.3 Å². The Bertz CT molecular complexity index is 641. The Balaban J connectivity index is 2.06. The van der Waals surface area contributed by atoms with Gasteiger partial charge in [-0.05, 0) is 29.8 Å². The van der Waals surface area contributed by atoms with Gasteiger partial charge in [-0.2, -0.15) is 0 Å². The second-order valence-electron chi connectivity index (χ2n) is 4.58. The highest BCUT2D eigenvalue weighted by atomic mass is 79.9. The molecule has 110 valence electrons. The van der Waals surface area contributed by atoms with Crippen LogP contribution >= 0.6 is 38.9 Å². The topological polar surface area (TPSA) is 20.3 Å². The lowest BCUT2D eigenvalue weighted by molar-refractivity contribution is -0.130. The summed E-state index contributed by atoms with van der Waals surface area (Å²) in [5.74, 6) is 0.0810. The molecule has 0 radical (unpaired) electrons. The molecule has 2 nitrogen and oxygen atoms in total. The van der Waals surface area contributed by atoms with E-state index in [4.69, 9.17) is 11.6 Å². The van der Waals surface area contributed by atoms with Crippen molar-refractivity contribution in [3.63, 3.8) is 0 Å². The molecular weight excluding hydrogens is 370 g/mol. The number of carbonyl (C=O) groups is 1. The number of rotatable bonds is 6. The average molecular weight is 385 g/mol. The van der Waals surface area contributed by atoms with Crippen LogP contribution in [0, 0.1) is 0 Å². The van der Waals surface area contributed by atoms with Crippen LogP contribution in [0.15, 0.2) is 53.5 Å².